The number of hydrogen-bond acceptors (Lipinski definition) is 8. The highest BCUT2D eigenvalue weighted by Crippen LogP contribution is 2.51. The Balaban J connectivity index is 1.42. The zero-order valence-corrected chi connectivity index (χ0v) is 20.8. The average molecular weight is 502 g/mol. The molecule has 2 aliphatic heterocycles. The van der Waals surface area contributed by atoms with Crippen LogP contribution in [0.5, 0.6) is 11.5 Å². The fourth-order valence-corrected chi connectivity index (χ4v) is 4.83. The summed E-state index contributed by atoms with van der Waals surface area (Å²) in [5.41, 5.74) is 2.06. The zero-order chi connectivity index (χ0) is 25.8. The summed E-state index contributed by atoms with van der Waals surface area (Å²) in [6, 6.07) is 4.98. The van der Waals surface area contributed by atoms with Crippen LogP contribution in [-0.2, 0) is 4.74 Å². The second-order valence-electron chi connectivity index (χ2n) is 10.3. The molecule has 0 saturated carbocycles. The maximum atomic E-state index is 14.0. The van der Waals surface area contributed by atoms with Crippen LogP contribution in [0.1, 0.15) is 38.4 Å². The lowest BCUT2D eigenvalue weighted by Crippen LogP contribution is -2.35. The third kappa shape index (κ3) is 4.87. The molecule has 2 atom stereocenters. The van der Waals surface area contributed by atoms with E-state index in [4.69, 9.17) is 14.2 Å². The van der Waals surface area contributed by atoms with Crippen LogP contribution in [0.3, 0.4) is 0 Å². The summed E-state index contributed by atoms with van der Waals surface area (Å²) in [5.74, 6) is 1.15. The van der Waals surface area contributed by atoms with Crippen LogP contribution in [0.2, 0.25) is 0 Å². The van der Waals surface area contributed by atoms with Gasteiger partial charge in [-0.2, -0.15) is 4.98 Å². The second-order valence-corrected chi connectivity index (χ2v) is 10.3. The van der Waals surface area contributed by atoms with Crippen LogP contribution >= 0.6 is 0 Å². The molecule has 0 radical (unpaired) electrons. The number of aryl methyl sites for hydroxylation is 1. The standard InChI is InChI=1S/C25H29F2N5O4/c1-13-6-20(28-5)31-22(29-13)30-17-9-18(21-19(10-17)34-25(26,27)35-21)14-7-15-11-32(12-16(15)8-14)23(33)36-24(2,3)4/h6-7,9-10,15-16H,8,11-12H2,1-5H3,(H2,28,29,30,31). The molecule has 2 unspecified atom stereocenters. The van der Waals surface area contributed by atoms with E-state index in [0.717, 1.165) is 11.3 Å². The van der Waals surface area contributed by atoms with Gasteiger partial charge in [0.2, 0.25) is 5.95 Å². The molecule has 9 nitrogen and oxygen atoms in total. The van der Waals surface area contributed by atoms with Gasteiger partial charge in [0.1, 0.15) is 11.4 Å². The van der Waals surface area contributed by atoms with E-state index < -0.39 is 11.9 Å². The van der Waals surface area contributed by atoms with Crippen molar-refractivity contribution < 1.29 is 27.8 Å². The number of rotatable bonds is 4. The zero-order valence-electron chi connectivity index (χ0n) is 20.8. The molecule has 192 valence electrons. The molecule has 1 saturated heterocycles. The third-order valence-electron chi connectivity index (χ3n) is 6.26. The van der Waals surface area contributed by atoms with Crippen LogP contribution in [0.25, 0.3) is 5.57 Å². The maximum Gasteiger partial charge on any atom is 0.586 e. The van der Waals surface area contributed by atoms with Gasteiger partial charge >= 0.3 is 12.4 Å². The first-order valence-corrected chi connectivity index (χ1v) is 11.8. The van der Waals surface area contributed by atoms with Crippen LogP contribution < -0.4 is 20.1 Å². The molecule has 11 heteroatoms. The number of anilines is 3. The predicted octanol–water partition coefficient (Wildman–Crippen LogP) is 5.16. The van der Waals surface area contributed by atoms with Gasteiger partial charge in [-0.15, -0.1) is 8.78 Å². The van der Waals surface area contributed by atoms with Gasteiger partial charge in [0.25, 0.3) is 0 Å². The van der Waals surface area contributed by atoms with Gasteiger partial charge in [0, 0.05) is 49.2 Å². The molecule has 0 spiro atoms. The number of benzene rings is 1. The van der Waals surface area contributed by atoms with Gasteiger partial charge in [-0.25, -0.2) is 9.78 Å². The number of allylic oxidation sites excluding steroid dienone is 1. The molecule has 1 aromatic heterocycles. The number of ether oxygens (including phenoxy) is 3. The largest absolute Gasteiger partial charge is 0.586 e. The maximum absolute atomic E-state index is 14.0. The highest BCUT2D eigenvalue weighted by atomic mass is 19.3. The summed E-state index contributed by atoms with van der Waals surface area (Å²) in [7, 11) is 1.75. The highest BCUT2D eigenvalue weighted by Gasteiger charge is 2.46. The lowest BCUT2D eigenvalue weighted by Gasteiger charge is -2.24. The van der Waals surface area contributed by atoms with E-state index in [2.05, 4.69) is 20.6 Å². The van der Waals surface area contributed by atoms with E-state index in [1.807, 2.05) is 33.8 Å². The Hall–Kier alpha value is -3.63. The molecule has 36 heavy (non-hydrogen) atoms. The van der Waals surface area contributed by atoms with Crippen molar-refractivity contribution >= 4 is 29.1 Å². The lowest BCUT2D eigenvalue weighted by molar-refractivity contribution is -0.286. The first-order valence-electron chi connectivity index (χ1n) is 11.8. The Morgan fingerprint density at radius 2 is 1.97 bits per heavy atom. The highest BCUT2D eigenvalue weighted by molar-refractivity contribution is 5.80. The molecule has 2 N–H and O–H groups in total. The minimum atomic E-state index is -3.75. The number of fused-ring (bicyclic) bond motifs is 2. The number of aromatic nitrogens is 2. The van der Waals surface area contributed by atoms with Crippen molar-refractivity contribution in [3.8, 4) is 11.5 Å². The number of alkyl halides is 2. The van der Waals surface area contributed by atoms with Crippen molar-refractivity contribution in [3.05, 3.63) is 35.5 Å². The number of carbonyl (C=O) groups excluding carboxylic acids is 1. The Morgan fingerprint density at radius 1 is 1.19 bits per heavy atom. The van der Waals surface area contributed by atoms with Gasteiger partial charge in [-0.1, -0.05) is 6.08 Å². The fraction of sp³-hybridized carbons (Fsp3) is 0.480. The lowest BCUT2D eigenvalue weighted by atomic mass is 9.97. The van der Waals surface area contributed by atoms with Crippen LogP contribution in [0.15, 0.2) is 24.3 Å². The van der Waals surface area contributed by atoms with Crippen LogP contribution in [0, 0.1) is 18.8 Å². The molecule has 1 amide bonds. The SMILES string of the molecule is CNc1cc(C)nc(Nc2cc3c(c(C4=CC5CN(C(=O)OC(C)(C)C)CC5C4)c2)OC(F)(F)O3)n1. The minimum absolute atomic E-state index is 0.00171. The summed E-state index contributed by atoms with van der Waals surface area (Å²) in [6.45, 7) is 8.39. The molecule has 0 bridgehead atoms. The third-order valence-corrected chi connectivity index (χ3v) is 6.26. The number of hydrogen-bond donors (Lipinski definition) is 2. The van der Waals surface area contributed by atoms with Gasteiger partial charge in [0.05, 0.1) is 0 Å². The summed E-state index contributed by atoms with van der Waals surface area (Å²) in [4.78, 5) is 23.0. The smallest absolute Gasteiger partial charge is 0.444 e. The molecule has 2 aromatic rings. The number of nitrogens with one attached hydrogen (secondary N) is 2. The topological polar surface area (TPSA) is 97.8 Å². The molecule has 1 aliphatic carbocycles. The van der Waals surface area contributed by atoms with Gasteiger partial charge in [0.15, 0.2) is 11.5 Å². The van der Waals surface area contributed by atoms with Crippen molar-refractivity contribution in [2.45, 2.75) is 46.0 Å². The van der Waals surface area contributed by atoms with Crippen LogP contribution in [-0.4, -0.2) is 53.0 Å². The van der Waals surface area contributed by atoms with Gasteiger partial charge in [-0.3, -0.25) is 0 Å². The monoisotopic (exact) mass is 501 g/mol. The van der Waals surface area contributed by atoms with Crippen molar-refractivity contribution in [3.63, 3.8) is 0 Å². The molecule has 1 aromatic carbocycles. The number of halogens is 2. The normalized spacial score (nSPS) is 21.8. The second kappa shape index (κ2) is 8.49. The number of nitrogens with zero attached hydrogens (tertiary/aromatic N) is 3. The van der Waals surface area contributed by atoms with E-state index in [1.165, 1.54) is 6.07 Å². The number of amides is 1. The molecule has 5 rings (SSSR count). The summed E-state index contributed by atoms with van der Waals surface area (Å²) < 4.78 is 43.3. The van der Waals surface area contributed by atoms with Crippen molar-refractivity contribution in [2.75, 3.05) is 30.8 Å². The fourth-order valence-electron chi connectivity index (χ4n) is 4.83. The van der Waals surface area contributed by atoms with E-state index in [-0.39, 0.29) is 29.4 Å². The van der Waals surface area contributed by atoms with Crippen molar-refractivity contribution in [2.24, 2.45) is 11.8 Å². The van der Waals surface area contributed by atoms with E-state index in [1.54, 1.807) is 24.1 Å². The molecular formula is C25H29F2N5O4. The number of likely N-dealkylation sites (tertiary alicyclic amines) is 1. The van der Waals surface area contributed by atoms with Crippen molar-refractivity contribution in [1.82, 2.24) is 14.9 Å². The Morgan fingerprint density at radius 3 is 2.67 bits per heavy atom. The van der Waals surface area contributed by atoms with E-state index >= 15 is 0 Å². The Bertz CT molecular complexity index is 1240. The summed E-state index contributed by atoms with van der Waals surface area (Å²) in [6.07, 6.45) is -1.44. The Labute approximate surface area is 207 Å². The number of carbonyl (C=O) groups is 1. The van der Waals surface area contributed by atoms with E-state index in [9.17, 15) is 13.6 Å². The summed E-state index contributed by atoms with van der Waals surface area (Å²) >= 11 is 0. The van der Waals surface area contributed by atoms with Gasteiger partial charge < -0.3 is 29.7 Å². The quantitative estimate of drug-likeness (QED) is 0.593. The van der Waals surface area contributed by atoms with Gasteiger partial charge in [-0.05, 0) is 57.6 Å². The van der Waals surface area contributed by atoms with Crippen molar-refractivity contribution in [1.29, 1.82) is 0 Å². The molecule has 1 fully saturated rings. The first kappa shape index (κ1) is 24.1. The molecule has 3 aliphatic rings. The van der Waals surface area contributed by atoms with E-state index in [0.29, 0.717) is 42.5 Å². The van der Waals surface area contributed by atoms with Crippen LogP contribution in [0.4, 0.5) is 31.0 Å². The molecule has 3 heterocycles. The average Bonchev–Trinajstić information content (AvgIpc) is 3.41. The summed E-state index contributed by atoms with van der Waals surface area (Å²) in [5, 5.41) is 6.06. The first-order chi connectivity index (χ1) is 16.9. The Kier molecular flexibility index (Phi) is 5.68. The molecular weight excluding hydrogens is 472 g/mol. The minimum Gasteiger partial charge on any atom is -0.444 e. The predicted molar refractivity (Wildman–Crippen MR) is 130 cm³/mol.